The molecule has 3 nitrogen and oxygen atoms in total. The Bertz CT molecular complexity index is 241. The van der Waals surface area contributed by atoms with Gasteiger partial charge < -0.3 is 0 Å². The van der Waals surface area contributed by atoms with Crippen LogP contribution in [-0.4, -0.2) is 10.2 Å². The van der Waals surface area contributed by atoms with E-state index < -0.39 is 0 Å². The van der Waals surface area contributed by atoms with Gasteiger partial charge in [-0.2, -0.15) is 5.48 Å². The lowest BCUT2D eigenvalue weighted by atomic mass is 10.4. The summed E-state index contributed by atoms with van der Waals surface area (Å²) >= 11 is 6.43. The number of hydrogen-bond donors (Lipinski definition) is 2. The highest BCUT2D eigenvalue weighted by Gasteiger charge is 2.02. The van der Waals surface area contributed by atoms with Gasteiger partial charge in [-0.25, -0.2) is 10.2 Å². The molecule has 0 spiro atoms. The molecular weight excluding hydrogens is 264 g/mol. The minimum atomic E-state index is 0.670. The quantitative estimate of drug-likeness (QED) is 0.594. The standard InChI is InChI=1S/C5H4Br2N2O/c6-3-1-5(7)8-2-4(3)9-10/h1-2,9-10H/p+1. The number of nitrogens with zero attached hydrogens (tertiary/aromatic N) is 1. The Morgan fingerprint density at radius 2 is 2.20 bits per heavy atom. The summed E-state index contributed by atoms with van der Waals surface area (Å²) in [6.45, 7) is 0. The molecule has 0 aliphatic heterocycles. The Morgan fingerprint density at radius 1 is 1.50 bits per heavy atom. The summed E-state index contributed by atoms with van der Waals surface area (Å²) in [4.78, 5) is 3.91. The molecule has 0 aliphatic carbocycles. The van der Waals surface area contributed by atoms with E-state index in [1.807, 2.05) is 0 Å². The average molecular weight is 269 g/mol. The second kappa shape index (κ2) is 3.43. The van der Waals surface area contributed by atoms with Crippen LogP contribution >= 0.6 is 31.9 Å². The molecule has 10 heavy (non-hydrogen) atoms. The first kappa shape index (κ1) is 8.13. The van der Waals surface area contributed by atoms with E-state index in [1.54, 1.807) is 12.3 Å². The molecule has 0 saturated heterocycles. The van der Waals surface area contributed by atoms with E-state index in [-0.39, 0.29) is 0 Å². The second-order valence-electron chi connectivity index (χ2n) is 1.66. The maximum Gasteiger partial charge on any atom is 0.194 e. The fraction of sp³-hybridized carbons (Fsp3) is 0. The van der Waals surface area contributed by atoms with E-state index in [0.717, 1.165) is 14.6 Å². The van der Waals surface area contributed by atoms with Gasteiger partial charge in [0.05, 0.1) is 10.7 Å². The Balaban J connectivity index is 3.07. The first-order valence-corrected chi connectivity index (χ1v) is 4.11. The summed E-state index contributed by atoms with van der Waals surface area (Å²) in [5.41, 5.74) is 1.67. The van der Waals surface area contributed by atoms with Crippen molar-refractivity contribution in [3.8, 4) is 0 Å². The van der Waals surface area contributed by atoms with Gasteiger partial charge in [-0.15, -0.1) is 0 Å². The molecule has 0 bridgehead atoms. The lowest BCUT2D eigenvalue weighted by molar-refractivity contribution is -0.826. The lowest BCUT2D eigenvalue weighted by Crippen LogP contribution is -2.74. The van der Waals surface area contributed by atoms with Gasteiger partial charge in [0.15, 0.2) is 5.69 Å². The van der Waals surface area contributed by atoms with Crippen LogP contribution in [0.2, 0.25) is 0 Å². The normalized spacial score (nSPS) is 9.90. The van der Waals surface area contributed by atoms with Crippen molar-refractivity contribution in [3.63, 3.8) is 0 Å². The number of aromatic nitrogens is 1. The Morgan fingerprint density at radius 3 is 2.70 bits per heavy atom. The van der Waals surface area contributed by atoms with Crippen molar-refractivity contribution in [2.45, 2.75) is 0 Å². The van der Waals surface area contributed by atoms with E-state index in [2.05, 4.69) is 36.8 Å². The maximum absolute atomic E-state index is 8.60. The summed E-state index contributed by atoms with van der Waals surface area (Å²) in [5, 5.41) is 8.60. The molecule has 0 saturated carbocycles. The number of pyridine rings is 1. The van der Waals surface area contributed by atoms with Crippen LogP contribution in [0.15, 0.2) is 21.3 Å². The van der Waals surface area contributed by atoms with Crippen LogP contribution in [0.5, 0.6) is 0 Å². The van der Waals surface area contributed by atoms with Gasteiger partial charge in [0.1, 0.15) is 4.60 Å². The zero-order valence-electron chi connectivity index (χ0n) is 4.88. The van der Waals surface area contributed by atoms with Crippen molar-refractivity contribution in [2.24, 2.45) is 0 Å². The molecule has 1 heterocycles. The first-order valence-electron chi connectivity index (χ1n) is 2.52. The second-order valence-corrected chi connectivity index (χ2v) is 3.32. The van der Waals surface area contributed by atoms with Gasteiger partial charge in [0, 0.05) is 0 Å². The zero-order chi connectivity index (χ0) is 7.56. The lowest BCUT2D eigenvalue weighted by Gasteiger charge is -1.94. The van der Waals surface area contributed by atoms with Crippen molar-refractivity contribution in [1.82, 2.24) is 4.98 Å². The number of rotatable bonds is 1. The van der Waals surface area contributed by atoms with Gasteiger partial charge in [0.2, 0.25) is 0 Å². The molecular formula is C5H5Br2N2O+. The molecule has 1 aromatic heterocycles. The van der Waals surface area contributed by atoms with E-state index in [0.29, 0.717) is 5.69 Å². The minimum absolute atomic E-state index is 0.670. The summed E-state index contributed by atoms with van der Waals surface area (Å²) < 4.78 is 1.56. The molecule has 0 radical (unpaired) electrons. The van der Waals surface area contributed by atoms with E-state index in [9.17, 15) is 0 Å². The third-order valence-electron chi connectivity index (χ3n) is 0.988. The van der Waals surface area contributed by atoms with Gasteiger partial charge in [-0.1, -0.05) is 0 Å². The van der Waals surface area contributed by atoms with Gasteiger partial charge >= 0.3 is 0 Å². The van der Waals surface area contributed by atoms with Crippen molar-refractivity contribution in [3.05, 3.63) is 21.3 Å². The highest BCUT2D eigenvalue weighted by molar-refractivity contribution is 9.11. The predicted octanol–water partition coefficient (Wildman–Crippen LogP) is 1.19. The topological polar surface area (TPSA) is 49.7 Å². The smallest absolute Gasteiger partial charge is 0.194 e. The highest BCUT2D eigenvalue weighted by atomic mass is 79.9. The molecule has 54 valence electrons. The van der Waals surface area contributed by atoms with Crippen LogP contribution in [0.4, 0.5) is 5.69 Å². The molecule has 5 heteroatoms. The monoisotopic (exact) mass is 267 g/mol. The Labute approximate surface area is 74.7 Å². The van der Waals surface area contributed by atoms with E-state index in [1.165, 1.54) is 0 Å². The highest BCUT2D eigenvalue weighted by Crippen LogP contribution is 2.19. The Hall–Kier alpha value is 0.0300. The average Bonchev–Trinajstić information content (AvgIpc) is 1.88. The van der Waals surface area contributed by atoms with Gasteiger partial charge in [0.25, 0.3) is 0 Å². The molecule has 3 N–H and O–H groups in total. The summed E-state index contributed by atoms with van der Waals surface area (Å²) in [6.07, 6.45) is 1.56. The zero-order valence-corrected chi connectivity index (χ0v) is 8.05. The molecule has 0 aliphatic rings. The number of quaternary nitrogens is 1. The number of hydrogen-bond acceptors (Lipinski definition) is 2. The van der Waals surface area contributed by atoms with Crippen molar-refractivity contribution >= 4 is 37.5 Å². The molecule has 0 amide bonds. The van der Waals surface area contributed by atoms with Crippen molar-refractivity contribution in [2.75, 3.05) is 0 Å². The fourth-order valence-corrected chi connectivity index (χ4v) is 1.57. The van der Waals surface area contributed by atoms with Gasteiger partial charge in [-0.3, -0.25) is 0 Å². The largest absolute Gasteiger partial charge is 0.243 e. The summed E-state index contributed by atoms with van der Waals surface area (Å²) in [5.74, 6) is 0. The fourth-order valence-electron chi connectivity index (χ4n) is 0.513. The Kier molecular flexibility index (Phi) is 2.79. The third-order valence-corrected chi connectivity index (χ3v) is 2.11. The van der Waals surface area contributed by atoms with Crippen LogP contribution in [-0.2, 0) is 0 Å². The number of nitrogens with two attached hydrogens (primary N) is 1. The third kappa shape index (κ3) is 1.76. The predicted molar refractivity (Wildman–Crippen MR) is 43.0 cm³/mol. The molecule has 0 unspecified atom stereocenters. The van der Waals surface area contributed by atoms with E-state index >= 15 is 0 Å². The van der Waals surface area contributed by atoms with Crippen molar-refractivity contribution < 1.29 is 10.7 Å². The molecule has 1 rings (SSSR count). The summed E-state index contributed by atoms with van der Waals surface area (Å²) in [7, 11) is 0. The van der Waals surface area contributed by atoms with Crippen molar-refractivity contribution in [1.29, 1.82) is 0 Å². The summed E-state index contributed by atoms with van der Waals surface area (Å²) in [6, 6.07) is 1.77. The maximum atomic E-state index is 8.60. The van der Waals surface area contributed by atoms with Crippen LogP contribution in [0.3, 0.4) is 0 Å². The van der Waals surface area contributed by atoms with Gasteiger partial charge in [-0.05, 0) is 37.9 Å². The van der Waals surface area contributed by atoms with E-state index in [4.69, 9.17) is 5.21 Å². The first-order chi connectivity index (χ1) is 4.74. The SMILES string of the molecule is O[NH2+]c1cnc(Br)cc1Br. The minimum Gasteiger partial charge on any atom is -0.243 e. The molecule has 1 aromatic rings. The molecule has 0 aromatic carbocycles. The molecule has 0 fully saturated rings. The van der Waals surface area contributed by atoms with Crippen LogP contribution in [0.1, 0.15) is 0 Å². The molecule has 0 atom stereocenters. The number of halogens is 2. The van der Waals surface area contributed by atoms with Crippen LogP contribution < -0.4 is 5.48 Å². The van der Waals surface area contributed by atoms with Crippen LogP contribution in [0.25, 0.3) is 0 Å². The van der Waals surface area contributed by atoms with Crippen LogP contribution in [0, 0.1) is 0 Å².